The van der Waals surface area contributed by atoms with E-state index in [-0.39, 0.29) is 10.6 Å². The van der Waals surface area contributed by atoms with Gasteiger partial charge < -0.3 is 10.1 Å². The lowest BCUT2D eigenvalue weighted by Gasteiger charge is -2.15. The van der Waals surface area contributed by atoms with Crippen LogP contribution in [0.5, 0.6) is 0 Å². The van der Waals surface area contributed by atoms with E-state index in [1.54, 1.807) is 12.3 Å². The number of carboxylic acids is 1. The van der Waals surface area contributed by atoms with E-state index >= 15 is 0 Å². The van der Waals surface area contributed by atoms with Crippen LogP contribution in [-0.2, 0) is 21.2 Å². The first-order chi connectivity index (χ1) is 16.5. The van der Waals surface area contributed by atoms with E-state index in [0.717, 1.165) is 44.9 Å². The molecule has 0 aliphatic carbocycles. The molecule has 3 rings (SSSR count). The van der Waals surface area contributed by atoms with Gasteiger partial charge in [0, 0.05) is 29.4 Å². The molecule has 0 saturated carbocycles. The molecule has 0 amide bonds. The molecule has 0 fully saturated rings. The Morgan fingerprint density at radius 1 is 1.14 bits per heavy atom. The Hall–Kier alpha value is -3.12. The number of nitrogens with one attached hydrogen (secondary N) is 2. The monoisotopic (exact) mass is 510 g/mol. The molecule has 3 N–H and O–H groups in total. The summed E-state index contributed by atoms with van der Waals surface area (Å²) in [5.41, 5.74) is 5.58. The normalized spacial score (nSPS) is 12.9. The van der Waals surface area contributed by atoms with E-state index in [2.05, 4.69) is 41.5 Å². The van der Waals surface area contributed by atoms with Gasteiger partial charge in [-0.25, -0.2) is 8.42 Å². The number of aliphatic carboxylic acids is 1. The van der Waals surface area contributed by atoms with Gasteiger partial charge in [0.2, 0.25) is 0 Å². The number of thiophene rings is 1. The molecule has 0 spiro atoms. The Kier molecular flexibility index (Phi) is 8.39. The number of aromatic amines is 1. The van der Waals surface area contributed by atoms with Gasteiger partial charge in [-0.2, -0.15) is 4.72 Å². The van der Waals surface area contributed by atoms with Crippen LogP contribution in [-0.4, -0.2) is 30.5 Å². The third-order valence-corrected chi connectivity index (χ3v) is 8.35. The number of hydrogen-bond acceptors (Lipinski definition) is 4. The second-order valence-electron chi connectivity index (χ2n) is 8.86. The summed E-state index contributed by atoms with van der Waals surface area (Å²) in [5.74, 6) is 5.09. The molecular weight excluding hydrogens is 480 g/mol. The van der Waals surface area contributed by atoms with Gasteiger partial charge in [0.15, 0.2) is 0 Å². The SMILES string of the molecule is C/C(=C/C(C)C)c1c(CC(NS(=O)(=O)c2ccc(C#Cc3ccc(C)cc3)s2)C(=O)O)c[nH]c1C. The third kappa shape index (κ3) is 6.95. The Balaban J connectivity index is 1.81. The van der Waals surface area contributed by atoms with Crippen molar-refractivity contribution in [2.45, 2.75) is 51.3 Å². The van der Waals surface area contributed by atoms with Gasteiger partial charge in [-0.15, -0.1) is 11.3 Å². The van der Waals surface area contributed by atoms with E-state index in [4.69, 9.17) is 0 Å². The van der Waals surface area contributed by atoms with Gasteiger partial charge in [0.1, 0.15) is 10.3 Å². The number of benzene rings is 1. The van der Waals surface area contributed by atoms with Crippen molar-refractivity contribution in [1.82, 2.24) is 9.71 Å². The van der Waals surface area contributed by atoms with Crippen molar-refractivity contribution >= 4 is 32.9 Å². The van der Waals surface area contributed by atoms with Crippen LogP contribution in [0, 0.1) is 31.6 Å². The van der Waals surface area contributed by atoms with Gasteiger partial charge in [0.05, 0.1) is 4.88 Å². The smallest absolute Gasteiger partial charge is 0.322 e. The summed E-state index contributed by atoms with van der Waals surface area (Å²) in [4.78, 5) is 15.7. The summed E-state index contributed by atoms with van der Waals surface area (Å²) >= 11 is 1.01. The number of aromatic nitrogens is 1. The maximum absolute atomic E-state index is 13.0. The molecular formula is C27H30N2O4S2. The molecule has 2 heterocycles. The first kappa shape index (κ1) is 26.5. The number of carboxylic acid groups (broad SMARTS) is 1. The van der Waals surface area contributed by atoms with Gasteiger partial charge in [-0.05, 0) is 62.1 Å². The molecule has 0 aliphatic rings. The van der Waals surface area contributed by atoms with Crippen molar-refractivity contribution in [2.75, 3.05) is 0 Å². The number of H-pyrrole nitrogens is 1. The quantitative estimate of drug-likeness (QED) is 0.366. The lowest BCUT2D eigenvalue weighted by Crippen LogP contribution is -2.42. The lowest BCUT2D eigenvalue weighted by molar-refractivity contribution is -0.138. The number of aryl methyl sites for hydroxylation is 2. The second-order valence-corrected chi connectivity index (χ2v) is 11.9. The van der Waals surface area contributed by atoms with Gasteiger partial charge in [-0.3, -0.25) is 4.79 Å². The molecule has 0 aliphatic heterocycles. The average molecular weight is 511 g/mol. The molecule has 1 unspecified atom stereocenters. The second kappa shape index (κ2) is 11.1. The van der Waals surface area contributed by atoms with Crippen molar-refractivity contribution in [1.29, 1.82) is 0 Å². The minimum atomic E-state index is -4.04. The van der Waals surface area contributed by atoms with Crippen LogP contribution in [0.25, 0.3) is 5.57 Å². The number of allylic oxidation sites excluding steroid dienone is 2. The van der Waals surface area contributed by atoms with E-state index in [0.29, 0.717) is 10.8 Å². The highest BCUT2D eigenvalue weighted by atomic mass is 32.2. The van der Waals surface area contributed by atoms with E-state index in [1.165, 1.54) is 6.07 Å². The molecule has 0 saturated heterocycles. The topological polar surface area (TPSA) is 99.3 Å². The average Bonchev–Trinajstić information content (AvgIpc) is 3.39. The fourth-order valence-corrected chi connectivity index (χ4v) is 6.19. The molecule has 0 bridgehead atoms. The van der Waals surface area contributed by atoms with Crippen molar-refractivity contribution < 1.29 is 18.3 Å². The number of sulfonamides is 1. The number of rotatable bonds is 8. The first-order valence-electron chi connectivity index (χ1n) is 11.3. The predicted molar refractivity (Wildman–Crippen MR) is 141 cm³/mol. The van der Waals surface area contributed by atoms with Crippen LogP contribution in [0.15, 0.2) is 52.9 Å². The van der Waals surface area contributed by atoms with Gasteiger partial charge in [-0.1, -0.05) is 49.5 Å². The molecule has 184 valence electrons. The molecule has 1 atom stereocenters. The Bertz CT molecular complexity index is 1400. The lowest BCUT2D eigenvalue weighted by atomic mass is 9.96. The maximum atomic E-state index is 13.0. The zero-order valence-electron chi connectivity index (χ0n) is 20.5. The van der Waals surface area contributed by atoms with Crippen molar-refractivity contribution in [2.24, 2.45) is 5.92 Å². The van der Waals surface area contributed by atoms with Gasteiger partial charge in [0.25, 0.3) is 10.0 Å². The molecule has 8 heteroatoms. The summed E-state index contributed by atoms with van der Waals surface area (Å²) < 4.78 is 28.4. The van der Waals surface area contributed by atoms with Crippen molar-refractivity contribution in [3.8, 4) is 11.8 Å². The molecule has 6 nitrogen and oxygen atoms in total. The van der Waals surface area contributed by atoms with Crippen molar-refractivity contribution in [3.63, 3.8) is 0 Å². The highest BCUT2D eigenvalue weighted by Crippen LogP contribution is 2.26. The molecule has 0 radical (unpaired) electrons. The van der Waals surface area contributed by atoms with Gasteiger partial charge >= 0.3 is 5.97 Å². The highest BCUT2D eigenvalue weighted by molar-refractivity contribution is 7.91. The van der Waals surface area contributed by atoms with E-state index < -0.39 is 22.0 Å². The van der Waals surface area contributed by atoms with Crippen LogP contribution >= 0.6 is 11.3 Å². The summed E-state index contributed by atoms with van der Waals surface area (Å²) in [5, 5.41) is 9.79. The minimum absolute atomic E-state index is 0.0168. The predicted octanol–water partition coefficient (Wildman–Crippen LogP) is 5.13. The Labute approximate surface area is 211 Å². The minimum Gasteiger partial charge on any atom is -0.480 e. The molecule has 1 aromatic carbocycles. The van der Waals surface area contributed by atoms with Crippen LogP contribution in [0.3, 0.4) is 0 Å². The highest BCUT2D eigenvalue weighted by Gasteiger charge is 2.28. The largest absolute Gasteiger partial charge is 0.480 e. The number of hydrogen-bond donors (Lipinski definition) is 3. The van der Waals surface area contributed by atoms with Crippen LogP contribution in [0.2, 0.25) is 0 Å². The molecule has 35 heavy (non-hydrogen) atoms. The first-order valence-corrected chi connectivity index (χ1v) is 13.6. The zero-order valence-corrected chi connectivity index (χ0v) is 22.1. The molecule has 2 aromatic heterocycles. The summed E-state index contributed by atoms with van der Waals surface area (Å²) in [6.45, 7) is 10.0. The zero-order chi connectivity index (χ0) is 25.8. The summed E-state index contributed by atoms with van der Waals surface area (Å²) in [6.07, 6.45) is 3.86. The fourth-order valence-electron chi connectivity index (χ4n) is 3.82. The van der Waals surface area contributed by atoms with Crippen LogP contribution in [0.4, 0.5) is 0 Å². The number of carbonyl (C=O) groups is 1. The van der Waals surface area contributed by atoms with E-state index in [9.17, 15) is 18.3 Å². The summed E-state index contributed by atoms with van der Waals surface area (Å²) in [7, 11) is -4.04. The Morgan fingerprint density at radius 3 is 2.46 bits per heavy atom. The van der Waals surface area contributed by atoms with E-state index in [1.807, 2.05) is 45.0 Å². The maximum Gasteiger partial charge on any atom is 0.322 e. The fraction of sp³-hybridized carbons (Fsp3) is 0.296. The Morgan fingerprint density at radius 2 is 1.83 bits per heavy atom. The molecule has 3 aromatic rings. The van der Waals surface area contributed by atoms with Crippen molar-refractivity contribution in [3.05, 3.63) is 81.5 Å². The third-order valence-electron chi connectivity index (χ3n) is 5.38. The standard InChI is InChI=1S/C27H30N2O4S2/c1-17(2)14-19(4)26-20(5)28-16-22(26)15-24(27(30)31)29-35(32,33)25-13-12-23(34-25)11-10-21-8-6-18(3)7-9-21/h6-9,12-14,16-17,24,28-29H,15H2,1-5H3,(H,30,31)/b19-14-. The summed E-state index contributed by atoms with van der Waals surface area (Å²) in [6, 6.07) is 9.49. The van der Waals surface area contributed by atoms with Crippen LogP contribution < -0.4 is 4.72 Å². The van der Waals surface area contributed by atoms with Crippen LogP contribution in [0.1, 0.15) is 53.6 Å².